The lowest BCUT2D eigenvalue weighted by molar-refractivity contribution is 0.324. The van der Waals surface area contributed by atoms with Gasteiger partial charge in [0.25, 0.3) is 0 Å². The molecule has 0 saturated heterocycles. The molecule has 30 heavy (non-hydrogen) atoms. The predicted octanol–water partition coefficient (Wildman–Crippen LogP) is 6.61. The Labute approximate surface area is 176 Å². The van der Waals surface area contributed by atoms with E-state index in [0.717, 1.165) is 33.8 Å². The Hall–Kier alpha value is -3.66. The first-order valence-corrected chi connectivity index (χ1v) is 9.71. The average Bonchev–Trinajstić information content (AvgIpc) is 3.24. The van der Waals surface area contributed by atoms with Crippen molar-refractivity contribution in [3.05, 3.63) is 78.4 Å². The van der Waals surface area contributed by atoms with Crippen LogP contribution in [-0.2, 0) is 0 Å². The number of hydrogen-bond donors (Lipinski definition) is 0. The maximum atomic E-state index is 6.37. The fourth-order valence-corrected chi connectivity index (χ4v) is 3.51. The number of methoxy groups -OCH3 is 3. The average molecular weight is 400 g/mol. The second kappa shape index (κ2) is 8.37. The van der Waals surface area contributed by atoms with Gasteiger partial charge >= 0.3 is 0 Å². The summed E-state index contributed by atoms with van der Waals surface area (Å²) < 4.78 is 23.0. The van der Waals surface area contributed by atoms with Crippen LogP contribution in [0.2, 0.25) is 0 Å². The van der Waals surface area contributed by atoms with E-state index in [4.69, 9.17) is 18.6 Å². The molecule has 4 aromatic rings. The summed E-state index contributed by atoms with van der Waals surface area (Å²) >= 11 is 0. The molecule has 1 aromatic heterocycles. The molecule has 3 aromatic carbocycles. The van der Waals surface area contributed by atoms with Crippen molar-refractivity contribution in [2.75, 3.05) is 21.3 Å². The molecule has 152 valence electrons. The summed E-state index contributed by atoms with van der Waals surface area (Å²) in [6.07, 6.45) is 0. The topological polar surface area (TPSA) is 40.8 Å². The molecule has 0 spiro atoms. The summed E-state index contributed by atoms with van der Waals surface area (Å²) in [4.78, 5) is 0. The van der Waals surface area contributed by atoms with Gasteiger partial charge in [-0.15, -0.1) is 0 Å². The summed E-state index contributed by atoms with van der Waals surface area (Å²) in [6.45, 7) is 2.07. The first-order chi connectivity index (χ1) is 14.6. The molecule has 0 N–H and O–H groups in total. The molecule has 0 aliphatic rings. The molecule has 4 nitrogen and oxygen atoms in total. The second-order valence-corrected chi connectivity index (χ2v) is 7.00. The van der Waals surface area contributed by atoms with Crippen LogP contribution in [0.25, 0.3) is 33.8 Å². The predicted molar refractivity (Wildman–Crippen MR) is 119 cm³/mol. The molecule has 0 radical (unpaired) electrons. The highest BCUT2D eigenvalue weighted by atomic mass is 16.5. The Kier molecular flexibility index (Phi) is 5.48. The largest absolute Gasteiger partial charge is 0.493 e. The summed E-state index contributed by atoms with van der Waals surface area (Å²) in [5.41, 5.74) is 5.10. The Bertz CT molecular complexity index is 1120. The van der Waals surface area contributed by atoms with Crippen molar-refractivity contribution in [1.29, 1.82) is 0 Å². The van der Waals surface area contributed by atoms with E-state index in [9.17, 15) is 0 Å². The number of ether oxygens (including phenoxy) is 3. The lowest BCUT2D eigenvalue weighted by atomic mass is 9.99. The van der Waals surface area contributed by atoms with Crippen molar-refractivity contribution in [2.45, 2.75) is 6.92 Å². The van der Waals surface area contributed by atoms with E-state index in [1.54, 1.807) is 21.3 Å². The van der Waals surface area contributed by atoms with Crippen LogP contribution in [0.1, 0.15) is 5.56 Å². The van der Waals surface area contributed by atoms with Gasteiger partial charge in [-0.2, -0.15) is 0 Å². The van der Waals surface area contributed by atoms with Crippen molar-refractivity contribution < 1.29 is 18.6 Å². The van der Waals surface area contributed by atoms with Gasteiger partial charge in [0.1, 0.15) is 11.5 Å². The molecule has 4 rings (SSSR count). The zero-order chi connectivity index (χ0) is 21.1. The van der Waals surface area contributed by atoms with Gasteiger partial charge in [-0.1, -0.05) is 60.2 Å². The van der Waals surface area contributed by atoms with Crippen molar-refractivity contribution >= 4 is 0 Å². The van der Waals surface area contributed by atoms with Crippen molar-refractivity contribution in [1.82, 2.24) is 0 Å². The first kappa shape index (κ1) is 19.6. The van der Waals surface area contributed by atoms with E-state index in [1.165, 1.54) is 5.56 Å². The molecular weight excluding hydrogens is 376 g/mol. The molecule has 0 amide bonds. The zero-order valence-electron chi connectivity index (χ0n) is 17.6. The van der Waals surface area contributed by atoms with Gasteiger partial charge in [-0.05, 0) is 30.7 Å². The third kappa shape index (κ3) is 3.64. The van der Waals surface area contributed by atoms with Crippen LogP contribution in [0.15, 0.2) is 77.2 Å². The van der Waals surface area contributed by atoms with E-state index in [2.05, 4.69) is 37.3 Å². The Morgan fingerprint density at radius 1 is 0.633 bits per heavy atom. The van der Waals surface area contributed by atoms with Crippen molar-refractivity contribution in [3.8, 4) is 51.0 Å². The van der Waals surface area contributed by atoms with Crippen LogP contribution in [0, 0.1) is 6.92 Å². The minimum Gasteiger partial charge on any atom is -0.493 e. The normalized spacial score (nSPS) is 10.7. The van der Waals surface area contributed by atoms with E-state index < -0.39 is 0 Å². The van der Waals surface area contributed by atoms with E-state index in [0.29, 0.717) is 17.2 Å². The van der Waals surface area contributed by atoms with Gasteiger partial charge < -0.3 is 18.6 Å². The van der Waals surface area contributed by atoms with Crippen LogP contribution >= 0.6 is 0 Å². The van der Waals surface area contributed by atoms with E-state index in [1.807, 2.05) is 42.5 Å². The smallest absolute Gasteiger partial charge is 0.203 e. The standard InChI is InChI=1S/C26H24O4/c1-17-10-12-19(13-11-17)25-21(16-22(30-25)18-8-6-5-7-9-18)20-14-23(27-2)26(29-4)24(15-20)28-3/h5-16H,1-4H3. The highest BCUT2D eigenvalue weighted by molar-refractivity contribution is 5.85. The molecule has 0 aliphatic heterocycles. The minimum absolute atomic E-state index is 0.562. The number of furan rings is 1. The number of hydrogen-bond acceptors (Lipinski definition) is 4. The van der Waals surface area contributed by atoms with Gasteiger partial charge in [-0.25, -0.2) is 0 Å². The molecule has 4 heteroatoms. The summed E-state index contributed by atoms with van der Waals surface area (Å²) in [7, 11) is 4.84. The SMILES string of the molecule is COc1cc(-c2cc(-c3ccccc3)oc2-c2ccc(C)cc2)cc(OC)c1OC. The summed E-state index contributed by atoms with van der Waals surface area (Å²) in [5.74, 6) is 3.36. The molecule has 1 heterocycles. The minimum atomic E-state index is 0.562. The monoisotopic (exact) mass is 400 g/mol. The van der Waals surface area contributed by atoms with Gasteiger partial charge in [0, 0.05) is 16.7 Å². The maximum absolute atomic E-state index is 6.37. The molecule has 0 unspecified atom stereocenters. The lowest BCUT2D eigenvalue weighted by Gasteiger charge is -2.14. The van der Waals surface area contributed by atoms with Crippen molar-refractivity contribution in [3.63, 3.8) is 0 Å². The summed E-state index contributed by atoms with van der Waals surface area (Å²) in [5, 5.41) is 0. The first-order valence-electron chi connectivity index (χ1n) is 9.71. The Morgan fingerprint density at radius 3 is 1.83 bits per heavy atom. The molecule has 0 fully saturated rings. The maximum Gasteiger partial charge on any atom is 0.203 e. The van der Waals surface area contributed by atoms with E-state index in [-0.39, 0.29) is 0 Å². The molecule has 0 atom stereocenters. The highest BCUT2D eigenvalue weighted by Gasteiger charge is 2.20. The molecule has 0 aliphatic carbocycles. The third-order valence-corrected chi connectivity index (χ3v) is 5.08. The van der Waals surface area contributed by atoms with Crippen LogP contribution < -0.4 is 14.2 Å². The fraction of sp³-hybridized carbons (Fsp3) is 0.154. The Morgan fingerprint density at radius 2 is 1.27 bits per heavy atom. The number of benzene rings is 3. The number of aryl methyl sites for hydroxylation is 1. The summed E-state index contributed by atoms with van der Waals surface area (Å²) in [6, 6.07) is 24.3. The van der Waals surface area contributed by atoms with Gasteiger partial charge in [-0.3, -0.25) is 0 Å². The van der Waals surface area contributed by atoms with Crippen LogP contribution in [0.4, 0.5) is 0 Å². The van der Waals surface area contributed by atoms with Crippen molar-refractivity contribution in [2.24, 2.45) is 0 Å². The van der Waals surface area contributed by atoms with Crippen LogP contribution in [0.5, 0.6) is 17.2 Å². The number of rotatable bonds is 6. The second-order valence-electron chi connectivity index (χ2n) is 7.00. The Balaban J connectivity index is 1.94. The van der Waals surface area contributed by atoms with Gasteiger partial charge in [0.2, 0.25) is 5.75 Å². The van der Waals surface area contributed by atoms with Crippen LogP contribution in [-0.4, -0.2) is 21.3 Å². The molecular formula is C26H24O4. The van der Waals surface area contributed by atoms with Gasteiger partial charge in [0.15, 0.2) is 11.5 Å². The third-order valence-electron chi connectivity index (χ3n) is 5.08. The molecule has 0 bridgehead atoms. The highest BCUT2D eigenvalue weighted by Crippen LogP contribution is 2.45. The fourth-order valence-electron chi connectivity index (χ4n) is 3.51. The quantitative estimate of drug-likeness (QED) is 0.365. The molecule has 0 saturated carbocycles. The zero-order valence-corrected chi connectivity index (χ0v) is 17.6. The lowest BCUT2D eigenvalue weighted by Crippen LogP contribution is -1.95. The van der Waals surface area contributed by atoms with Crippen LogP contribution in [0.3, 0.4) is 0 Å². The van der Waals surface area contributed by atoms with Gasteiger partial charge in [0.05, 0.1) is 21.3 Å². The van der Waals surface area contributed by atoms with E-state index >= 15 is 0 Å².